The van der Waals surface area contributed by atoms with Gasteiger partial charge >= 0.3 is 5.97 Å². The van der Waals surface area contributed by atoms with Crippen LogP contribution in [0.25, 0.3) is 0 Å². The predicted octanol–water partition coefficient (Wildman–Crippen LogP) is 6.47. The Balaban J connectivity index is 1.41. The fourth-order valence-corrected chi connectivity index (χ4v) is 4.49. The number of carbonyl (C=O) groups excluding carboxylic acids is 3. The van der Waals surface area contributed by atoms with Crippen LogP contribution in [0, 0.1) is 12.8 Å². The van der Waals surface area contributed by atoms with Crippen molar-refractivity contribution in [3.63, 3.8) is 0 Å². The predicted molar refractivity (Wildman–Crippen MR) is 143 cm³/mol. The quantitative estimate of drug-likeness (QED) is 0.249. The van der Waals surface area contributed by atoms with E-state index in [1.165, 1.54) is 0 Å². The van der Waals surface area contributed by atoms with Gasteiger partial charge in [0.25, 0.3) is 0 Å². The number of anilines is 1. The van der Waals surface area contributed by atoms with Crippen molar-refractivity contribution in [1.29, 1.82) is 0 Å². The van der Waals surface area contributed by atoms with Crippen LogP contribution >= 0.6 is 0 Å². The topological polar surface area (TPSA) is 72.9 Å². The number of benzene rings is 3. The van der Waals surface area contributed by atoms with Crippen molar-refractivity contribution >= 4 is 23.3 Å². The number of hydrogen-bond donors (Lipinski definition) is 0. The van der Waals surface area contributed by atoms with Gasteiger partial charge in [-0.15, -0.1) is 0 Å². The maximum Gasteiger partial charge on any atom is 0.312 e. The monoisotopic (exact) mass is 499 g/mol. The minimum Gasteiger partial charge on any atom is -0.457 e. The number of Topliss-reactive ketones (excluding diaryl/α,β-unsaturated/α-hetero) is 1. The first-order valence-corrected chi connectivity index (χ1v) is 12.8. The molecular weight excluding hydrogens is 466 g/mol. The molecule has 0 radical (unpaired) electrons. The second kappa shape index (κ2) is 11.4. The summed E-state index contributed by atoms with van der Waals surface area (Å²) in [5, 5.41) is 0. The highest BCUT2D eigenvalue weighted by Crippen LogP contribution is 2.33. The summed E-state index contributed by atoms with van der Waals surface area (Å²) in [4.78, 5) is 40.0. The maximum atomic E-state index is 12.9. The van der Waals surface area contributed by atoms with Crippen LogP contribution in [0.5, 0.6) is 11.5 Å². The lowest BCUT2D eigenvalue weighted by Gasteiger charge is -2.19. The first kappa shape index (κ1) is 26.1. The summed E-state index contributed by atoms with van der Waals surface area (Å²) in [5.41, 5.74) is 3.43. The molecule has 2 atom stereocenters. The van der Waals surface area contributed by atoms with E-state index >= 15 is 0 Å². The van der Waals surface area contributed by atoms with Crippen molar-refractivity contribution in [2.75, 3.05) is 11.4 Å². The summed E-state index contributed by atoms with van der Waals surface area (Å²) in [5.74, 6) is 0.280. The van der Waals surface area contributed by atoms with E-state index in [1.54, 1.807) is 36.1 Å². The Labute approximate surface area is 218 Å². The van der Waals surface area contributed by atoms with E-state index in [9.17, 15) is 14.4 Å². The molecule has 1 aliphatic rings. The molecule has 0 bridgehead atoms. The van der Waals surface area contributed by atoms with Gasteiger partial charge in [0.05, 0.1) is 5.92 Å². The van der Waals surface area contributed by atoms with Gasteiger partial charge in [0.15, 0.2) is 6.10 Å². The molecule has 0 aromatic heterocycles. The second-order valence-corrected chi connectivity index (χ2v) is 9.76. The molecule has 3 aromatic carbocycles. The molecule has 0 N–H and O–H groups in total. The summed E-state index contributed by atoms with van der Waals surface area (Å²) in [6.07, 6.45) is -0.452. The third-order valence-electron chi connectivity index (χ3n) is 6.61. The highest BCUT2D eigenvalue weighted by Gasteiger charge is 2.37. The normalized spacial score (nSPS) is 16.1. The number of hydrogen-bond acceptors (Lipinski definition) is 5. The average molecular weight is 500 g/mol. The molecule has 1 amide bonds. The first-order valence-electron chi connectivity index (χ1n) is 12.8. The molecule has 1 heterocycles. The Bertz CT molecular complexity index is 1270. The Hall–Kier alpha value is -3.93. The number of rotatable bonds is 9. The molecule has 0 aliphatic carbocycles. The number of aryl methyl sites for hydroxylation is 1. The lowest BCUT2D eigenvalue weighted by molar-refractivity contribution is -0.151. The molecule has 6 nitrogen and oxygen atoms in total. The van der Waals surface area contributed by atoms with Crippen LogP contribution in [-0.2, 0) is 14.3 Å². The van der Waals surface area contributed by atoms with E-state index in [1.807, 2.05) is 43.3 Å². The third kappa shape index (κ3) is 6.08. The minimum absolute atomic E-state index is 0.0497. The summed E-state index contributed by atoms with van der Waals surface area (Å²) in [6, 6.07) is 22.3. The Morgan fingerprint density at radius 2 is 1.70 bits per heavy atom. The molecule has 37 heavy (non-hydrogen) atoms. The highest BCUT2D eigenvalue weighted by atomic mass is 16.5. The van der Waals surface area contributed by atoms with Crippen molar-refractivity contribution in [2.24, 2.45) is 5.92 Å². The van der Waals surface area contributed by atoms with Crippen molar-refractivity contribution in [3.8, 4) is 11.5 Å². The zero-order valence-corrected chi connectivity index (χ0v) is 21.8. The van der Waals surface area contributed by atoms with Gasteiger partial charge in [0, 0.05) is 24.2 Å². The van der Waals surface area contributed by atoms with Crippen molar-refractivity contribution in [2.45, 2.75) is 52.6 Å². The molecule has 6 heteroatoms. The van der Waals surface area contributed by atoms with E-state index in [0.29, 0.717) is 29.3 Å². The Morgan fingerprint density at radius 1 is 1.00 bits per heavy atom. The number of esters is 1. The molecule has 4 rings (SSSR count). The van der Waals surface area contributed by atoms with Crippen molar-refractivity contribution in [1.82, 2.24) is 0 Å². The first-order chi connectivity index (χ1) is 17.8. The minimum atomic E-state index is -0.868. The standard InChI is InChI=1S/C31H33NO5/c1-5-27(30(34)22-9-7-6-8-10-22)37-31(35)23-18-29(33)32(19-23)24-12-14-25(15-13-24)36-28-17-21(4)11-16-26(28)20(2)3/h6-17,20,23,27H,5,18-19H2,1-4H3/t23-,27+/m1/s1. The summed E-state index contributed by atoms with van der Waals surface area (Å²) < 4.78 is 11.7. The molecule has 0 unspecified atom stereocenters. The maximum absolute atomic E-state index is 12.9. The van der Waals surface area contributed by atoms with Gasteiger partial charge in [-0.05, 0) is 60.7 Å². The largest absolute Gasteiger partial charge is 0.457 e. The van der Waals surface area contributed by atoms with Gasteiger partial charge in [-0.1, -0.05) is 63.2 Å². The summed E-state index contributed by atoms with van der Waals surface area (Å²) >= 11 is 0. The fourth-order valence-electron chi connectivity index (χ4n) is 4.49. The molecule has 1 aliphatic heterocycles. The van der Waals surface area contributed by atoms with E-state index in [4.69, 9.17) is 9.47 Å². The van der Waals surface area contributed by atoms with Gasteiger partial charge in [-0.2, -0.15) is 0 Å². The van der Waals surface area contributed by atoms with Gasteiger partial charge < -0.3 is 14.4 Å². The van der Waals surface area contributed by atoms with Gasteiger partial charge in [0.2, 0.25) is 11.7 Å². The molecule has 1 saturated heterocycles. The van der Waals surface area contributed by atoms with Crippen molar-refractivity contribution in [3.05, 3.63) is 89.5 Å². The van der Waals surface area contributed by atoms with E-state index in [0.717, 1.165) is 16.9 Å². The van der Waals surface area contributed by atoms with Crippen LogP contribution in [0.4, 0.5) is 5.69 Å². The summed E-state index contributed by atoms with van der Waals surface area (Å²) in [6.45, 7) is 8.29. The number of ketones is 1. The Kier molecular flexibility index (Phi) is 8.07. The average Bonchev–Trinajstić information content (AvgIpc) is 3.29. The van der Waals surface area contributed by atoms with Crippen LogP contribution in [-0.4, -0.2) is 30.3 Å². The van der Waals surface area contributed by atoms with Crippen molar-refractivity contribution < 1.29 is 23.9 Å². The lowest BCUT2D eigenvalue weighted by atomic mass is 10.0. The van der Waals surface area contributed by atoms with Crippen LogP contribution < -0.4 is 9.64 Å². The number of ether oxygens (including phenoxy) is 2. The van der Waals surface area contributed by atoms with Crippen LogP contribution in [0.2, 0.25) is 0 Å². The molecule has 0 saturated carbocycles. The molecule has 192 valence electrons. The molecule has 1 fully saturated rings. The number of nitrogens with zero attached hydrogens (tertiary/aromatic N) is 1. The third-order valence-corrected chi connectivity index (χ3v) is 6.61. The number of carbonyl (C=O) groups is 3. The van der Waals surface area contributed by atoms with Crippen LogP contribution in [0.3, 0.4) is 0 Å². The Morgan fingerprint density at radius 3 is 2.35 bits per heavy atom. The van der Waals surface area contributed by atoms with E-state index in [2.05, 4.69) is 26.0 Å². The summed E-state index contributed by atoms with van der Waals surface area (Å²) in [7, 11) is 0. The van der Waals surface area contributed by atoms with Gasteiger partial charge in [-0.25, -0.2) is 0 Å². The molecule has 3 aromatic rings. The number of amides is 1. The van der Waals surface area contributed by atoms with Crippen LogP contribution in [0.1, 0.15) is 61.0 Å². The SMILES string of the molecule is CC[C@H](OC(=O)[C@@H]1CC(=O)N(c2ccc(Oc3cc(C)ccc3C(C)C)cc2)C1)C(=O)c1ccccc1. The molecular formula is C31H33NO5. The smallest absolute Gasteiger partial charge is 0.312 e. The van der Waals surface area contributed by atoms with Gasteiger partial charge in [0.1, 0.15) is 11.5 Å². The van der Waals surface area contributed by atoms with E-state index in [-0.39, 0.29) is 24.7 Å². The van der Waals surface area contributed by atoms with E-state index < -0.39 is 18.0 Å². The van der Waals surface area contributed by atoms with Crippen LogP contribution in [0.15, 0.2) is 72.8 Å². The lowest BCUT2D eigenvalue weighted by Crippen LogP contribution is -2.31. The fraction of sp³-hybridized carbons (Fsp3) is 0.323. The zero-order valence-electron chi connectivity index (χ0n) is 21.8. The second-order valence-electron chi connectivity index (χ2n) is 9.76. The highest BCUT2D eigenvalue weighted by molar-refractivity contribution is 6.02. The molecule has 0 spiro atoms. The van der Waals surface area contributed by atoms with Gasteiger partial charge in [-0.3, -0.25) is 14.4 Å². The zero-order chi connectivity index (χ0) is 26.5.